The minimum atomic E-state index is 0.484. The summed E-state index contributed by atoms with van der Waals surface area (Å²) in [7, 11) is 0. The summed E-state index contributed by atoms with van der Waals surface area (Å²) in [6.07, 6.45) is 0. The van der Waals surface area contributed by atoms with Gasteiger partial charge in [-0.25, -0.2) is 0 Å². The number of hydrogen-bond acceptors (Lipinski definition) is 3. The lowest BCUT2D eigenvalue weighted by atomic mass is 10.1. The number of nitrogens with zero attached hydrogens (tertiary/aromatic N) is 2. The van der Waals surface area contributed by atoms with Gasteiger partial charge in [0.15, 0.2) is 5.15 Å². The number of aryl methyl sites for hydroxylation is 2. The van der Waals surface area contributed by atoms with Crippen LogP contribution in [-0.2, 0) is 0 Å². The molecule has 0 saturated carbocycles. The molecule has 0 N–H and O–H groups in total. The smallest absolute Gasteiger partial charge is 0.170 e. The molecule has 0 unspecified atom stereocenters. The van der Waals surface area contributed by atoms with Crippen molar-refractivity contribution in [2.45, 2.75) is 13.8 Å². The van der Waals surface area contributed by atoms with Crippen LogP contribution in [0.1, 0.15) is 11.1 Å². The van der Waals surface area contributed by atoms with Crippen molar-refractivity contribution < 1.29 is 0 Å². The van der Waals surface area contributed by atoms with E-state index in [0.29, 0.717) is 5.15 Å². The van der Waals surface area contributed by atoms with Gasteiger partial charge in [0.1, 0.15) is 5.69 Å². The van der Waals surface area contributed by atoms with Gasteiger partial charge in [-0.05, 0) is 31.0 Å². The van der Waals surface area contributed by atoms with Crippen LogP contribution < -0.4 is 0 Å². The largest absolute Gasteiger partial charge is 0.171 e. The van der Waals surface area contributed by atoms with E-state index in [-0.39, 0.29) is 0 Å². The highest BCUT2D eigenvalue weighted by atomic mass is 35.5. The Balaban J connectivity index is 2.53. The molecule has 0 fully saturated rings. The summed E-state index contributed by atoms with van der Waals surface area (Å²) in [5, 5.41) is 0.484. The van der Waals surface area contributed by atoms with Crippen LogP contribution in [0.2, 0.25) is 5.15 Å². The molecular formula is C10H9ClN2S. The molecule has 0 aliphatic carbocycles. The molecule has 1 aromatic heterocycles. The summed E-state index contributed by atoms with van der Waals surface area (Å²) >= 11 is 7.04. The summed E-state index contributed by atoms with van der Waals surface area (Å²) in [5.74, 6) is 0. The topological polar surface area (TPSA) is 25.8 Å². The first-order valence-electron chi connectivity index (χ1n) is 4.24. The van der Waals surface area contributed by atoms with Gasteiger partial charge in [0.05, 0.1) is 11.7 Å². The third-order valence-corrected chi connectivity index (χ3v) is 3.12. The van der Waals surface area contributed by atoms with Crippen molar-refractivity contribution in [2.24, 2.45) is 0 Å². The summed E-state index contributed by atoms with van der Waals surface area (Å²) < 4.78 is 8.10. The van der Waals surface area contributed by atoms with E-state index in [1.807, 2.05) is 6.07 Å². The monoisotopic (exact) mass is 224 g/mol. The second kappa shape index (κ2) is 3.67. The molecule has 0 aliphatic rings. The number of benzene rings is 1. The predicted octanol–water partition coefficient (Wildman–Crippen LogP) is 3.48. The lowest BCUT2D eigenvalue weighted by Gasteiger charge is -2.02. The van der Waals surface area contributed by atoms with E-state index >= 15 is 0 Å². The van der Waals surface area contributed by atoms with Crippen LogP contribution >= 0.6 is 23.3 Å². The maximum Gasteiger partial charge on any atom is 0.170 e. The van der Waals surface area contributed by atoms with Crippen molar-refractivity contribution in [3.63, 3.8) is 0 Å². The number of hydrogen-bond donors (Lipinski definition) is 0. The molecule has 0 bridgehead atoms. The molecule has 2 rings (SSSR count). The van der Waals surface area contributed by atoms with Crippen LogP contribution in [-0.4, -0.2) is 8.75 Å². The summed E-state index contributed by atoms with van der Waals surface area (Å²) in [4.78, 5) is 0. The first-order valence-corrected chi connectivity index (χ1v) is 5.35. The summed E-state index contributed by atoms with van der Waals surface area (Å²) in [6, 6.07) is 6.17. The molecular weight excluding hydrogens is 216 g/mol. The SMILES string of the molecule is Cc1ccc(-c2nsnc2Cl)cc1C. The zero-order valence-corrected chi connectivity index (χ0v) is 9.49. The molecule has 2 aromatic rings. The molecule has 0 radical (unpaired) electrons. The van der Waals surface area contributed by atoms with Gasteiger partial charge in [0.25, 0.3) is 0 Å². The molecule has 4 heteroatoms. The van der Waals surface area contributed by atoms with Gasteiger partial charge >= 0.3 is 0 Å². The molecule has 1 heterocycles. The second-order valence-corrected chi connectivity index (χ2v) is 4.09. The standard InChI is InChI=1S/C10H9ClN2S/c1-6-3-4-8(5-7(6)2)9-10(11)13-14-12-9/h3-5H,1-2H3. The average molecular weight is 225 g/mol. The van der Waals surface area contributed by atoms with E-state index in [9.17, 15) is 0 Å². The van der Waals surface area contributed by atoms with Crippen molar-refractivity contribution >= 4 is 23.3 Å². The molecule has 0 saturated heterocycles. The third kappa shape index (κ3) is 1.65. The van der Waals surface area contributed by atoms with E-state index in [1.54, 1.807) is 0 Å². The number of rotatable bonds is 1. The highest BCUT2D eigenvalue weighted by Crippen LogP contribution is 2.26. The van der Waals surface area contributed by atoms with Crippen LogP contribution in [0.25, 0.3) is 11.3 Å². The van der Waals surface area contributed by atoms with Gasteiger partial charge in [0, 0.05) is 5.56 Å². The van der Waals surface area contributed by atoms with E-state index in [2.05, 4.69) is 34.7 Å². The summed E-state index contributed by atoms with van der Waals surface area (Å²) in [6.45, 7) is 4.16. The van der Waals surface area contributed by atoms with Crippen molar-refractivity contribution in [3.05, 3.63) is 34.5 Å². The molecule has 0 amide bonds. The Bertz CT molecular complexity index is 465. The lowest BCUT2D eigenvalue weighted by Crippen LogP contribution is -1.83. The molecule has 0 atom stereocenters. The van der Waals surface area contributed by atoms with E-state index in [4.69, 9.17) is 11.6 Å². The first kappa shape index (κ1) is 9.62. The quantitative estimate of drug-likeness (QED) is 0.741. The van der Waals surface area contributed by atoms with Gasteiger partial charge in [-0.3, -0.25) is 0 Å². The van der Waals surface area contributed by atoms with E-state index in [0.717, 1.165) is 23.0 Å². The van der Waals surface area contributed by atoms with E-state index < -0.39 is 0 Å². The molecule has 0 aliphatic heterocycles. The predicted molar refractivity (Wildman–Crippen MR) is 59.8 cm³/mol. The fraction of sp³-hybridized carbons (Fsp3) is 0.200. The van der Waals surface area contributed by atoms with Crippen LogP contribution in [0.3, 0.4) is 0 Å². The molecule has 1 aromatic carbocycles. The summed E-state index contributed by atoms with van der Waals surface area (Å²) in [5.41, 5.74) is 4.33. The zero-order valence-electron chi connectivity index (χ0n) is 7.91. The normalized spacial score (nSPS) is 10.5. The highest BCUT2D eigenvalue weighted by Gasteiger charge is 2.08. The number of aromatic nitrogens is 2. The van der Waals surface area contributed by atoms with Crippen molar-refractivity contribution in [3.8, 4) is 11.3 Å². The van der Waals surface area contributed by atoms with Gasteiger partial charge in [-0.2, -0.15) is 8.75 Å². The third-order valence-electron chi connectivity index (χ3n) is 2.23. The van der Waals surface area contributed by atoms with Gasteiger partial charge < -0.3 is 0 Å². The highest BCUT2D eigenvalue weighted by molar-refractivity contribution is 6.99. The van der Waals surface area contributed by atoms with Crippen LogP contribution in [0.5, 0.6) is 0 Å². The second-order valence-electron chi connectivity index (χ2n) is 3.20. The van der Waals surface area contributed by atoms with Crippen LogP contribution in [0, 0.1) is 13.8 Å². The van der Waals surface area contributed by atoms with Gasteiger partial charge in [-0.15, -0.1) is 0 Å². The minimum absolute atomic E-state index is 0.484. The number of halogens is 1. The van der Waals surface area contributed by atoms with Crippen molar-refractivity contribution in [1.29, 1.82) is 0 Å². The molecule has 0 spiro atoms. The van der Waals surface area contributed by atoms with Crippen molar-refractivity contribution in [2.75, 3.05) is 0 Å². The van der Waals surface area contributed by atoms with Crippen molar-refractivity contribution in [1.82, 2.24) is 8.75 Å². The fourth-order valence-corrected chi connectivity index (χ4v) is 2.01. The average Bonchev–Trinajstić information content (AvgIpc) is 2.57. The van der Waals surface area contributed by atoms with Gasteiger partial charge in [0.2, 0.25) is 0 Å². The first-order chi connectivity index (χ1) is 6.68. The fourth-order valence-electron chi connectivity index (χ4n) is 1.24. The Morgan fingerprint density at radius 2 is 1.93 bits per heavy atom. The molecule has 2 nitrogen and oxygen atoms in total. The maximum atomic E-state index is 5.90. The molecule has 72 valence electrons. The Kier molecular flexibility index (Phi) is 2.52. The molecule has 14 heavy (non-hydrogen) atoms. The lowest BCUT2D eigenvalue weighted by molar-refractivity contribution is 1.33. The van der Waals surface area contributed by atoms with Gasteiger partial charge in [-0.1, -0.05) is 23.7 Å². The minimum Gasteiger partial charge on any atom is -0.171 e. The van der Waals surface area contributed by atoms with E-state index in [1.165, 1.54) is 11.1 Å². The van der Waals surface area contributed by atoms with Crippen LogP contribution in [0.4, 0.5) is 0 Å². The Morgan fingerprint density at radius 1 is 1.14 bits per heavy atom. The Hall–Kier alpha value is -0.930. The zero-order chi connectivity index (χ0) is 10.1. The Labute approximate surface area is 91.9 Å². The maximum absolute atomic E-state index is 5.90. The van der Waals surface area contributed by atoms with Crippen LogP contribution in [0.15, 0.2) is 18.2 Å². The Morgan fingerprint density at radius 3 is 2.50 bits per heavy atom.